The molecule has 0 saturated carbocycles. The Labute approximate surface area is 116 Å². The maximum Gasteiger partial charge on any atom is 0.173 e. The SMILES string of the molecule is COCCOCCOc1cc(Cl)ccc1/C(N)=N/O. The number of benzene rings is 1. The van der Waals surface area contributed by atoms with Crippen molar-refractivity contribution in [1.29, 1.82) is 0 Å². The second-order valence-corrected chi connectivity index (χ2v) is 4.02. The summed E-state index contributed by atoms with van der Waals surface area (Å²) < 4.78 is 15.6. The van der Waals surface area contributed by atoms with Crippen LogP contribution in [0.15, 0.2) is 23.4 Å². The van der Waals surface area contributed by atoms with Crippen LogP contribution in [0.25, 0.3) is 0 Å². The standard InChI is InChI=1S/C12H17ClN2O4/c1-17-4-5-18-6-7-19-11-8-9(13)2-3-10(11)12(14)15-16/h2-3,8,16H,4-7H2,1H3,(H2,14,15). The maximum absolute atomic E-state index is 8.69. The third-order valence-electron chi connectivity index (χ3n) is 2.24. The average molecular weight is 289 g/mol. The van der Waals surface area contributed by atoms with Crippen molar-refractivity contribution in [2.24, 2.45) is 10.9 Å². The normalized spacial score (nSPS) is 11.6. The molecule has 1 rings (SSSR count). The molecule has 0 saturated heterocycles. The fourth-order valence-corrected chi connectivity index (χ4v) is 1.50. The highest BCUT2D eigenvalue weighted by atomic mass is 35.5. The van der Waals surface area contributed by atoms with Crippen LogP contribution in [-0.2, 0) is 9.47 Å². The Bertz CT molecular complexity index is 426. The summed E-state index contributed by atoms with van der Waals surface area (Å²) in [5, 5.41) is 12.1. The first-order valence-electron chi connectivity index (χ1n) is 5.66. The van der Waals surface area contributed by atoms with E-state index in [1.54, 1.807) is 25.3 Å². The van der Waals surface area contributed by atoms with Gasteiger partial charge in [0.25, 0.3) is 0 Å². The molecule has 0 aromatic heterocycles. The summed E-state index contributed by atoms with van der Waals surface area (Å²) >= 11 is 5.88. The Morgan fingerprint density at radius 1 is 1.32 bits per heavy atom. The lowest BCUT2D eigenvalue weighted by Crippen LogP contribution is -2.16. The van der Waals surface area contributed by atoms with Crippen LogP contribution >= 0.6 is 11.6 Å². The van der Waals surface area contributed by atoms with E-state index in [-0.39, 0.29) is 5.84 Å². The Morgan fingerprint density at radius 2 is 2.05 bits per heavy atom. The second-order valence-electron chi connectivity index (χ2n) is 3.58. The third-order valence-corrected chi connectivity index (χ3v) is 2.48. The fourth-order valence-electron chi connectivity index (χ4n) is 1.34. The number of hydrogen-bond donors (Lipinski definition) is 2. The number of methoxy groups -OCH3 is 1. The molecule has 7 heteroatoms. The lowest BCUT2D eigenvalue weighted by molar-refractivity contribution is 0.0544. The summed E-state index contributed by atoms with van der Waals surface area (Å²) in [5.74, 6) is 0.408. The molecule has 0 amide bonds. The van der Waals surface area contributed by atoms with Crippen molar-refractivity contribution >= 4 is 17.4 Å². The first-order chi connectivity index (χ1) is 9.19. The molecular formula is C12H17ClN2O4. The van der Waals surface area contributed by atoms with E-state index in [0.717, 1.165) is 0 Å². The van der Waals surface area contributed by atoms with Crippen molar-refractivity contribution in [2.75, 3.05) is 33.5 Å². The van der Waals surface area contributed by atoms with Gasteiger partial charge in [-0.05, 0) is 18.2 Å². The number of hydrogen-bond acceptors (Lipinski definition) is 5. The maximum atomic E-state index is 8.69. The lowest BCUT2D eigenvalue weighted by atomic mass is 10.2. The molecule has 1 aromatic rings. The summed E-state index contributed by atoms with van der Waals surface area (Å²) in [6.45, 7) is 1.77. The molecule has 6 nitrogen and oxygen atoms in total. The summed E-state index contributed by atoms with van der Waals surface area (Å²) in [6, 6.07) is 4.86. The van der Waals surface area contributed by atoms with E-state index in [2.05, 4.69) is 5.16 Å². The third kappa shape index (κ3) is 5.34. The molecule has 0 atom stereocenters. The number of ether oxygens (including phenoxy) is 3. The number of nitrogens with zero attached hydrogens (tertiary/aromatic N) is 1. The van der Waals surface area contributed by atoms with Gasteiger partial charge in [0.05, 0.1) is 25.4 Å². The van der Waals surface area contributed by atoms with Crippen molar-refractivity contribution < 1.29 is 19.4 Å². The molecule has 1 aromatic carbocycles. The molecule has 3 N–H and O–H groups in total. The monoisotopic (exact) mass is 288 g/mol. The van der Waals surface area contributed by atoms with E-state index >= 15 is 0 Å². The molecule has 0 bridgehead atoms. The van der Waals surface area contributed by atoms with Crippen molar-refractivity contribution in [2.45, 2.75) is 0 Å². The van der Waals surface area contributed by atoms with Crippen LogP contribution in [0.5, 0.6) is 5.75 Å². The van der Waals surface area contributed by atoms with Gasteiger partial charge in [0.15, 0.2) is 5.84 Å². The lowest BCUT2D eigenvalue weighted by Gasteiger charge is -2.11. The van der Waals surface area contributed by atoms with Crippen molar-refractivity contribution in [3.8, 4) is 5.75 Å². The van der Waals surface area contributed by atoms with E-state index in [1.165, 1.54) is 0 Å². The zero-order valence-corrected chi connectivity index (χ0v) is 11.4. The molecule has 0 aliphatic carbocycles. The van der Waals surface area contributed by atoms with Gasteiger partial charge in [-0.15, -0.1) is 0 Å². The minimum absolute atomic E-state index is 0.0352. The van der Waals surface area contributed by atoms with Crippen molar-refractivity contribution in [3.63, 3.8) is 0 Å². The average Bonchev–Trinajstić information content (AvgIpc) is 2.42. The van der Waals surface area contributed by atoms with Gasteiger partial charge in [0, 0.05) is 12.1 Å². The highest BCUT2D eigenvalue weighted by molar-refractivity contribution is 6.30. The smallest absolute Gasteiger partial charge is 0.173 e. The summed E-state index contributed by atoms with van der Waals surface area (Å²) in [6.07, 6.45) is 0. The molecule has 0 unspecified atom stereocenters. The molecule has 106 valence electrons. The Morgan fingerprint density at radius 3 is 2.74 bits per heavy atom. The van der Waals surface area contributed by atoms with Gasteiger partial charge in [-0.25, -0.2) is 0 Å². The predicted octanol–water partition coefficient (Wildman–Crippen LogP) is 1.48. The first-order valence-corrected chi connectivity index (χ1v) is 6.03. The van der Waals surface area contributed by atoms with Crippen LogP contribution in [0.3, 0.4) is 0 Å². The van der Waals surface area contributed by atoms with Gasteiger partial charge in [-0.2, -0.15) is 0 Å². The minimum atomic E-state index is -0.0352. The number of rotatable bonds is 8. The number of halogens is 1. The summed E-state index contributed by atoms with van der Waals surface area (Å²) in [5.41, 5.74) is 6.02. The van der Waals surface area contributed by atoms with Gasteiger partial charge in [0.2, 0.25) is 0 Å². The van der Waals surface area contributed by atoms with Crippen LogP contribution in [0, 0.1) is 0 Å². The first kappa shape index (κ1) is 15.6. The number of oxime groups is 1. The topological polar surface area (TPSA) is 86.3 Å². The molecule has 19 heavy (non-hydrogen) atoms. The second kappa shape index (κ2) is 8.58. The van der Waals surface area contributed by atoms with Gasteiger partial charge >= 0.3 is 0 Å². The van der Waals surface area contributed by atoms with E-state index in [1.807, 2.05) is 0 Å². The summed E-state index contributed by atoms with van der Waals surface area (Å²) in [7, 11) is 1.61. The molecular weight excluding hydrogens is 272 g/mol. The van der Waals surface area contributed by atoms with Crippen LogP contribution in [-0.4, -0.2) is 44.6 Å². The van der Waals surface area contributed by atoms with E-state index < -0.39 is 0 Å². The van der Waals surface area contributed by atoms with Crippen LogP contribution < -0.4 is 10.5 Å². The summed E-state index contributed by atoms with van der Waals surface area (Å²) in [4.78, 5) is 0. The van der Waals surface area contributed by atoms with E-state index in [9.17, 15) is 0 Å². The zero-order valence-electron chi connectivity index (χ0n) is 10.6. The van der Waals surface area contributed by atoms with Gasteiger partial charge < -0.3 is 25.2 Å². The fraction of sp³-hybridized carbons (Fsp3) is 0.417. The predicted molar refractivity (Wildman–Crippen MR) is 72.2 cm³/mol. The number of nitrogens with two attached hydrogens (primary N) is 1. The Balaban J connectivity index is 2.54. The minimum Gasteiger partial charge on any atom is -0.490 e. The molecule has 0 spiro atoms. The largest absolute Gasteiger partial charge is 0.490 e. The van der Waals surface area contributed by atoms with Crippen LogP contribution in [0.4, 0.5) is 0 Å². The highest BCUT2D eigenvalue weighted by Crippen LogP contribution is 2.23. The van der Waals surface area contributed by atoms with Crippen LogP contribution in [0.2, 0.25) is 5.02 Å². The quantitative estimate of drug-likeness (QED) is 0.249. The van der Waals surface area contributed by atoms with E-state index in [4.69, 9.17) is 36.8 Å². The van der Waals surface area contributed by atoms with Gasteiger partial charge in [-0.3, -0.25) is 0 Å². The Kier molecular flexibility index (Phi) is 7.02. The molecule has 0 aliphatic heterocycles. The molecule has 0 heterocycles. The molecule has 0 fully saturated rings. The molecule has 0 radical (unpaired) electrons. The highest BCUT2D eigenvalue weighted by Gasteiger charge is 2.09. The van der Waals surface area contributed by atoms with Gasteiger partial charge in [0.1, 0.15) is 12.4 Å². The Hall–Kier alpha value is -1.50. The van der Waals surface area contributed by atoms with Crippen molar-refractivity contribution in [3.05, 3.63) is 28.8 Å². The van der Waals surface area contributed by atoms with E-state index in [0.29, 0.717) is 42.8 Å². The molecule has 0 aliphatic rings. The zero-order chi connectivity index (χ0) is 14.1. The number of amidine groups is 1. The van der Waals surface area contributed by atoms with Crippen LogP contribution in [0.1, 0.15) is 5.56 Å². The van der Waals surface area contributed by atoms with Crippen molar-refractivity contribution in [1.82, 2.24) is 0 Å². The van der Waals surface area contributed by atoms with Gasteiger partial charge in [-0.1, -0.05) is 16.8 Å².